The fraction of sp³-hybridized carbons (Fsp3) is 0.400. The second-order valence-corrected chi connectivity index (χ2v) is 8.00. The highest BCUT2D eigenvalue weighted by Crippen LogP contribution is 2.24. The molecule has 0 aliphatic rings. The summed E-state index contributed by atoms with van der Waals surface area (Å²) in [5.41, 5.74) is 0.887. The molecule has 2 aromatic rings. The number of aromatic nitrogens is 2. The minimum atomic E-state index is -0.340. The van der Waals surface area contributed by atoms with E-state index in [0.29, 0.717) is 30.6 Å². The maximum absolute atomic E-state index is 10.2. The van der Waals surface area contributed by atoms with Crippen molar-refractivity contribution in [2.45, 2.75) is 24.8 Å². The number of rotatable bonds is 11. The first-order valence-electron chi connectivity index (χ1n) is 9.15. The highest BCUT2D eigenvalue weighted by Gasteiger charge is 2.10. The molecule has 28 heavy (non-hydrogen) atoms. The lowest BCUT2D eigenvalue weighted by atomic mass is 10.3. The standard InChI is InChI=1S/C20H26BrN5OS/c1-4-11-22-19-18(21)12-23-20(25-19)24-15-7-9-17(10-8-15)28-14-16(27)13-26(5-2)6-3/h1,7-10,12,16,27H,5-6,11,13-14H2,2-3H3,(H2,22,23,24,25). The molecule has 1 unspecified atom stereocenters. The Balaban J connectivity index is 1.90. The molecule has 0 bridgehead atoms. The minimum Gasteiger partial charge on any atom is -0.391 e. The molecule has 0 saturated carbocycles. The van der Waals surface area contributed by atoms with Crippen LogP contribution in [0.4, 0.5) is 17.5 Å². The Hall–Kier alpha value is -1.79. The third-order valence-electron chi connectivity index (χ3n) is 4.02. The molecular weight excluding hydrogens is 438 g/mol. The first-order valence-corrected chi connectivity index (χ1v) is 10.9. The summed E-state index contributed by atoms with van der Waals surface area (Å²) in [6.45, 7) is 7.22. The van der Waals surface area contributed by atoms with Gasteiger partial charge in [0.05, 0.1) is 17.1 Å². The van der Waals surface area contributed by atoms with E-state index in [0.717, 1.165) is 28.1 Å². The number of hydrogen-bond donors (Lipinski definition) is 3. The van der Waals surface area contributed by atoms with Gasteiger partial charge in [-0.25, -0.2) is 4.98 Å². The number of nitrogens with one attached hydrogen (secondary N) is 2. The first kappa shape index (κ1) is 22.5. The molecule has 1 heterocycles. The van der Waals surface area contributed by atoms with Gasteiger partial charge in [-0.15, -0.1) is 18.2 Å². The van der Waals surface area contributed by atoms with E-state index in [-0.39, 0.29) is 6.10 Å². The van der Waals surface area contributed by atoms with Gasteiger partial charge in [0.25, 0.3) is 0 Å². The molecule has 0 saturated heterocycles. The molecule has 3 N–H and O–H groups in total. The zero-order valence-electron chi connectivity index (χ0n) is 16.2. The van der Waals surface area contributed by atoms with Crippen LogP contribution < -0.4 is 10.6 Å². The summed E-state index contributed by atoms with van der Waals surface area (Å²) in [7, 11) is 0. The molecule has 0 fully saturated rings. The van der Waals surface area contributed by atoms with Gasteiger partial charge < -0.3 is 20.6 Å². The smallest absolute Gasteiger partial charge is 0.229 e. The second kappa shape index (κ2) is 11.9. The van der Waals surface area contributed by atoms with E-state index >= 15 is 0 Å². The molecular formula is C20H26BrN5OS. The summed E-state index contributed by atoms with van der Waals surface area (Å²) >= 11 is 5.05. The molecule has 150 valence electrons. The first-order chi connectivity index (χ1) is 13.5. The third-order valence-corrected chi connectivity index (χ3v) is 5.76. The van der Waals surface area contributed by atoms with E-state index in [1.54, 1.807) is 18.0 Å². The summed E-state index contributed by atoms with van der Waals surface area (Å²) in [5, 5.41) is 16.4. The van der Waals surface area contributed by atoms with Crippen molar-refractivity contribution < 1.29 is 5.11 Å². The van der Waals surface area contributed by atoms with Crippen LogP contribution in [0.5, 0.6) is 0 Å². The summed E-state index contributed by atoms with van der Waals surface area (Å²) < 4.78 is 0.753. The Morgan fingerprint density at radius 3 is 2.64 bits per heavy atom. The highest BCUT2D eigenvalue weighted by molar-refractivity contribution is 9.10. The lowest BCUT2D eigenvalue weighted by Gasteiger charge is -2.21. The molecule has 1 aromatic carbocycles. The Morgan fingerprint density at radius 1 is 1.29 bits per heavy atom. The van der Waals surface area contributed by atoms with Crippen molar-refractivity contribution in [2.75, 3.05) is 42.6 Å². The molecule has 0 amide bonds. The van der Waals surface area contributed by atoms with Gasteiger partial charge in [-0.2, -0.15) is 4.98 Å². The average molecular weight is 464 g/mol. The van der Waals surface area contributed by atoms with Gasteiger partial charge in [-0.3, -0.25) is 0 Å². The Morgan fingerprint density at radius 2 is 2.00 bits per heavy atom. The van der Waals surface area contributed by atoms with Gasteiger partial charge in [-0.1, -0.05) is 19.8 Å². The number of terminal acetylenes is 1. The average Bonchev–Trinajstić information content (AvgIpc) is 2.71. The summed E-state index contributed by atoms with van der Waals surface area (Å²) in [6.07, 6.45) is 6.61. The lowest BCUT2D eigenvalue weighted by Crippen LogP contribution is -2.33. The molecule has 1 atom stereocenters. The SMILES string of the molecule is C#CCNc1nc(Nc2ccc(SCC(O)CN(CC)CC)cc2)ncc1Br. The van der Waals surface area contributed by atoms with E-state index in [1.807, 2.05) is 24.3 Å². The van der Waals surface area contributed by atoms with E-state index in [2.05, 4.69) is 61.2 Å². The van der Waals surface area contributed by atoms with Crippen LogP contribution in [-0.2, 0) is 0 Å². The van der Waals surface area contributed by atoms with Crippen LogP contribution in [0.3, 0.4) is 0 Å². The van der Waals surface area contributed by atoms with Crippen molar-refractivity contribution in [3.63, 3.8) is 0 Å². The normalized spacial score (nSPS) is 11.9. The quantitative estimate of drug-likeness (QED) is 0.345. The van der Waals surface area contributed by atoms with Gasteiger partial charge in [0.2, 0.25) is 5.95 Å². The zero-order valence-corrected chi connectivity index (χ0v) is 18.6. The monoisotopic (exact) mass is 463 g/mol. The van der Waals surface area contributed by atoms with Crippen LogP contribution in [-0.4, -0.2) is 58.0 Å². The van der Waals surface area contributed by atoms with Crippen molar-refractivity contribution in [1.29, 1.82) is 0 Å². The molecule has 0 aliphatic carbocycles. The number of nitrogens with zero attached hydrogens (tertiary/aromatic N) is 3. The molecule has 0 aliphatic heterocycles. The van der Waals surface area contributed by atoms with E-state index in [1.165, 1.54) is 0 Å². The number of anilines is 3. The van der Waals surface area contributed by atoms with Gasteiger partial charge >= 0.3 is 0 Å². The van der Waals surface area contributed by atoms with Crippen LogP contribution in [0.25, 0.3) is 0 Å². The van der Waals surface area contributed by atoms with Crippen molar-refractivity contribution in [2.24, 2.45) is 0 Å². The highest BCUT2D eigenvalue weighted by atomic mass is 79.9. The number of halogens is 1. The molecule has 2 rings (SSSR count). The number of aliphatic hydroxyl groups is 1. The zero-order chi connectivity index (χ0) is 20.4. The Bertz CT molecular complexity index is 777. The number of benzene rings is 1. The predicted molar refractivity (Wildman–Crippen MR) is 121 cm³/mol. The number of thioether (sulfide) groups is 1. The van der Waals surface area contributed by atoms with Crippen molar-refractivity contribution >= 4 is 45.1 Å². The van der Waals surface area contributed by atoms with Crippen LogP contribution >= 0.6 is 27.7 Å². The van der Waals surface area contributed by atoms with E-state index in [9.17, 15) is 5.11 Å². The van der Waals surface area contributed by atoms with E-state index in [4.69, 9.17) is 6.42 Å². The summed E-state index contributed by atoms with van der Waals surface area (Å²) in [4.78, 5) is 12.0. The molecule has 1 aromatic heterocycles. The fourth-order valence-corrected chi connectivity index (χ4v) is 3.62. The maximum atomic E-state index is 10.2. The third kappa shape index (κ3) is 7.32. The van der Waals surface area contributed by atoms with Crippen LogP contribution in [0.15, 0.2) is 39.8 Å². The Labute approximate surface area is 179 Å². The number of aliphatic hydroxyl groups excluding tert-OH is 1. The molecule has 8 heteroatoms. The summed E-state index contributed by atoms with van der Waals surface area (Å²) in [6, 6.07) is 7.99. The lowest BCUT2D eigenvalue weighted by molar-refractivity contribution is 0.137. The Kier molecular flexibility index (Phi) is 9.58. The van der Waals surface area contributed by atoms with Crippen LogP contribution in [0.2, 0.25) is 0 Å². The molecule has 0 radical (unpaired) electrons. The van der Waals surface area contributed by atoms with Gasteiger partial charge in [0.15, 0.2) is 0 Å². The number of hydrogen-bond acceptors (Lipinski definition) is 7. The van der Waals surface area contributed by atoms with Crippen molar-refractivity contribution in [3.8, 4) is 12.3 Å². The van der Waals surface area contributed by atoms with Crippen molar-refractivity contribution in [1.82, 2.24) is 14.9 Å². The maximum Gasteiger partial charge on any atom is 0.229 e. The van der Waals surface area contributed by atoms with Crippen LogP contribution in [0, 0.1) is 12.3 Å². The largest absolute Gasteiger partial charge is 0.391 e. The summed E-state index contributed by atoms with van der Waals surface area (Å²) in [5.74, 6) is 4.32. The second-order valence-electron chi connectivity index (χ2n) is 6.05. The van der Waals surface area contributed by atoms with Gasteiger partial charge in [0.1, 0.15) is 5.82 Å². The minimum absolute atomic E-state index is 0.340. The molecule has 0 spiro atoms. The van der Waals surface area contributed by atoms with Gasteiger partial charge in [-0.05, 0) is 53.3 Å². The molecule has 6 nitrogen and oxygen atoms in total. The predicted octanol–water partition coefficient (Wildman–Crippen LogP) is 3.82. The number of likely N-dealkylation sites (N-methyl/N-ethyl adjacent to an activating group) is 1. The fourth-order valence-electron chi connectivity index (χ4n) is 2.47. The topological polar surface area (TPSA) is 73.3 Å². The van der Waals surface area contributed by atoms with Crippen LogP contribution in [0.1, 0.15) is 13.8 Å². The van der Waals surface area contributed by atoms with Gasteiger partial charge in [0, 0.05) is 29.1 Å². The van der Waals surface area contributed by atoms with E-state index < -0.39 is 0 Å². The van der Waals surface area contributed by atoms with Crippen molar-refractivity contribution in [3.05, 3.63) is 34.9 Å².